The van der Waals surface area contributed by atoms with Gasteiger partial charge in [0.1, 0.15) is 6.04 Å². The van der Waals surface area contributed by atoms with Crippen molar-refractivity contribution in [1.82, 2.24) is 0 Å². The van der Waals surface area contributed by atoms with Gasteiger partial charge in [0.25, 0.3) is 0 Å². The van der Waals surface area contributed by atoms with Crippen molar-refractivity contribution in [2.24, 2.45) is 5.73 Å². The first-order valence-corrected chi connectivity index (χ1v) is 2.61. The number of aliphatic hydroxyl groups excluding tert-OH is 1. The Morgan fingerprint density at radius 2 is 2.22 bits per heavy atom. The van der Waals surface area contributed by atoms with Gasteiger partial charge in [0, 0.05) is 0 Å². The summed E-state index contributed by atoms with van der Waals surface area (Å²) in [6, 6.07) is -0.921. The summed E-state index contributed by atoms with van der Waals surface area (Å²) in [4.78, 5) is 10.4. The van der Waals surface area contributed by atoms with E-state index < -0.39 is 18.1 Å². The van der Waals surface area contributed by atoms with Crippen LogP contribution in [-0.2, 0) is 9.53 Å². The summed E-state index contributed by atoms with van der Waals surface area (Å²) in [7, 11) is 1.23. The van der Waals surface area contributed by atoms with Gasteiger partial charge in [-0.3, -0.25) is 4.79 Å². The Morgan fingerprint density at radius 3 is 2.33 bits per heavy atom. The summed E-state index contributed by atoms with van der Waals surface area (Å²) in [5.74, 6) is -0.593. The van der Waals surface area contributed by atoms with Gasteiger partial charge >= 0.3 is 5.97 Å². The second-order valence-corrected chi connectivity index (χ2v) is 1.79. The third-order valence-corrected chi connectivity index (χ3v) is 0.993. The molecule has 0 aliphatic rings. The number of esters is 1. The lowest BCUT2D eigenvalue weighted by Crippen LogP contribution is -2.40. The number of carbonyl (C=O) groups is 1. The van der Waals surface area contributed by atoms with Crippen molar-refractivity contribution in [3.05, 3.63) is 0 Å². The Balaban J connectivity index is 3.72. The third-order valence-electron chi connectivity index (χ3n) is 0.993. The second-order valence-electron chi connectivity index (χ2n) is 1.79. The first-order chi connectivity index (χ1) is 4.09. The van der Waals surface area contributed by atoms with E-state index in [0.29, 0.717) is 0 Å². The van der Waals surface area contributed by atoms with E-state index in [1.165, 1.54) is 14.0 Å². The Bertz CT molecular complexity index is 102. The molecule has 0 bridgehead atoms. The van der Waals surface area contributed by atoms with Crippen LogP contribution in [-0.4, -0.2) is 30.3 Å². The minimum atomic E-state index is -0.921. The average molecular weight is 133 g/mol. The van der Waals surface area contributed by atoms with Crippen molar-refractivity contribution in [2.75, 3.05) is 7.11 Å². The number of hydrogen-bond acceptors (Lipinski definition) is 4. The SMILES string of the molecule is COC(=O)C(N)[C@@H](C)O. The normalized spacial score (nSPS) is 16.4. The van der Waals surface area contributed by atoms with E-state index in [0.717, 1.165) is 0 Å². The van der Waals surface area contributed by atoms with E-state index in [2.05, 4.69) is 4.74 Å². The molecule has 3 N–H and O–H groups in total. The number of carbonyl (C=O) groups excluding carboxylic acids is 1. The minimum absolute atomic E-state index is 0.593. The molecule has 54 valence electrons. The monoisotopic (exact) mass is 133 g/mol. The second kappa shape index (κ2) is 3.42. The van der Waals surface area contributed by atoms with Crippen LogP contribution in [0.3, 0.4) is 0 Å². The number of methoxy groups -OCH3 is 1. The highest BCUT2D eigenvalue weighted by molar-refractivity contribution is 5.75. The van der Waals surface area contributed by atoms with E-state index >= 15 is 0 Å². The van der Waals surface area contributed by atoms with Crippen LogP contribution in [0, 0.1) is 0 Å². The zero-order valence-electron chi connectivity index (χ0n) is 5.50. The van der Waals surface area contributed by atoms with Crippen molar-refractivity contribution in [1.29, 1.82) is 0 Å². The fraction of sp³-hybridized carbons (Fsp3) is 0.800. The molecule has 1 unspecified atom stereocenters. The molecule has 0 saturated carbocycles. The van der Waals surface area contributed by atoms with Crippen LogP contribution in [0.2, 0.25) is 0 Å². The van der Waals surface area contributed by atoms with E-state index in [4.69, 9.17) is 10.8 Å². The van der Waals surface area contributed by atoms with Gasteiger partial charge in [-0.1, -0.05) is 0 Å². The lowest BCUT2D eigenvalue weighted by molar-refractivity contribution is -0.144. The van der Waals surface area contributed by atoms with Crippen LogP contribution in [0.5, 0.6) is 0 Å². The molecule has 0 heterocycles. The maximum Gasteiger partial charge on any atom is 0.325 e. The van der Waals surface area contributed by atoms with Crippen LogP contribution >= 0.6 is 0 Å². The fourth-order valence-electron chi connectivity index (χ4n) is 0.333. The highest BCUT2D eigenvalue weighted by atomic mass is 16.5. The van der Waals surface area contributed by atoms with Crippen molar-refractivity contribution in [3.63, 3.8) is 0 Å². The summed E-state index contributed by atoms with van der Waals surface area (Å²) in [6.07, 6.45) is -0.850. The molecule has 0 aromatic heterocycles. The topological polar surface area (TPSA) is 72.5 Å². The van der Waals surface area contributed by atoms with Crippen molar-refractivity contribution >= 4 is 5.97 Å². The number of rotatable bonds is 2. The lowest BCUT2D eigenvalue weighted by atomic mass is 10.2. The molecule has 0 aromatic rings. The van der Waals surface area contributed by atoms with E-state index in [1.807, 2.05) is 0 Å². The summed E-state index contributed by atoms with van der Waals surface area (Å²) in [5.41, 5.74) is 5.15. The summed E-state index contributed by atoms with van der Waals surface area (Å²) in [6.45, 7) is 1.43. The molecule has 0 fully saturated rings. The zero-order valence-corrected chi connectivity index (χ0v) is 5.50. The Hall–Kier alpha value is -0.610. The largest absolute Gasteiger partial charge is 0.468 e. The van der Waals surface area contributed by atoms with Crippen LogP contribution in [0.25, 0.3) is 0 Å². The first kappa shape index (κ1) is 8.39. The highest BCUT2D eigenvalue weighted by Gasteiger charge is 2.18. The third kappa shape index (κ3) is 2.43. The Kier molecular flexibility index (Phi) is 3.19. The molecule has 0 spiro atoms. The van der Waals surface area contributed by atoms with Gasteiger partial charge in [-0.15, -0.1) is 0 Å². The van der Waals surface area contributed by atoms with Gasteiger partial charge in [0.05, 0.1) is 13.2 Å². The van der Waals surface area contributed by atoms with Crippen molar-refractivity contribution in [2.45, 2.75) is 19.1 Å². The predicted molar refractivity (Wildman–Crippen MR) is 31.7 cm³/mol. The van der Waals surface area contributed by atoms with Gasteiger partial charge in [-0.25, -0.2) is 0 Å². The molecular formula is C5H11NO3. The zero-order chi connectivity index (χ0) is 7.44. The molecule has 2 atom stereocenters. The van der Waals surface area contributed by atoms with E-state index in [1.54, 1.807) is 0 Å². The molecule has 0 saturated heterocycles. The van der Waals surface area contributed by atoms with Crippen LogP contribution in [0.1, 0.15) is 6.92 Å². The molecule has 0 aliphatic heterocycles. The number of hydrogen-bond donors (Lipinski definition) is 2. The molecule has 0 radical (unpaired) electrons. The molecule has 4 heteroatoms. The summed E-state index contributed by atoms with van der Waals surface area (Å²) < 4.78 is 4.25. The maximum atomic E-state index is 10.4. The number of aliphatic hydroxyl groups is 1. The van der Waals surface area contributed by atoms with Crippen LogP contribution < -0.4 is 5.73 Å². The first-order valence-electron chi connectivity index (χ1n) is 2.61. The standard InChI is InChI=1S/C5H11NO3/c1-3(7)4(6)5(8)9-2/h3-4,7H,6H2,1-2H3/t3-,4?/m1/s1. The van der Waals surface area contributed by atoms with E-state index in [9.17, 15) is 4.79 Å². The number of nitrogens with two attached hydrogens (primary N) is 1. The fourth-order valence-corrected chi connectivity index (χ4v) is 0.333. The Labute approximate surface area is 53.6 Å². The molecule has 0 aliphatic carbocycles. The molecular weight excluding hydrogens is 122 g/mol. The number of ether oxygens (including phenoxy) is 1. The van der Waals surface area contributed by atoms with Gasteiger partial charge in [-0.05, 0) is 6.92 Å². The quantitative estimate of drug-likeness (QED) is 0.467. The molecule has 0 aromatic carbocycles. The molecule has 4 nitrogen and oxygen atoms in total. The minimum Gasteiger partial charge on any atom is -0.468 e. The van der Waals surface area contributed by atoms with Gasteiger partial charge in [-0.2, -0.15) is 0 Å². The predicted octanol–water partition coefficient (Wildman–Crippen LogP) is -1.13. The van der Waals surface area contributed by atoms with Gasteiger partial charge in [0.15, 0.2) is 0 Å². The van der Waals surface area contributed by atoms with Crippen molar-refractivity contribution < 1.29 is 14.6 Å². The molecule has 0 rings (SSSR count). The van der Waals surface area contributed by atoms with Gasteiger partial charge < -0.3 is 15.6 Å². The smallest absolute Gasteiger partial charge is 0.325 e. The molecule has 9 heavy (non-hydrogen) atoms. The van der Waals surface area contributed by atoms with Crippen LogP contribution in [0.15, 0.2) is 0 Å². The maximum absolute atomic E-state index is 10.4. The summed E-state index contributed by atoms with van der Waals surface area (Å²) >= 11 is 0. The Morgan fingerprint density at radius 1 is 1.78 bits per heavy atom. The lowest BCUT2D eigenvalue weighted by Gasteiger charge is -2.10. The highest BCUT2D eigenvalue weighted by Crippen LogP contribution is 1.89. The van der Waals surface area contributed by atoms with E-state index in [-0.39, 0.29) is 0 Å². The summed E-state index contributed by atoms with van der Waals surface area (Å²) in [5, 5.41) is 8.70. The van der Waals surface area contributed by atoms with Crippen LogP contribution in [0.4, 0.5) is 0 Å². The average Bonchev–Trinajstić information content (AvgIpc) is 1.84. The molecule has 0 amide bonds. The van der Waals surface area contributed by atoms with Crippen molar-refractivity contribution in [3.8, 4) is 0 Å². The van der Waals surface area contributed by atoms with Gasteiger partial charge in [0.2, 0.25) is 0 Å².